The molecule has 0 bridgehead atoms. The van der Waals surface area contributed by atoms with Gasteiger partial charge in [0.1, 0.15) is 0 Å². The smallest absolute Gasteiger partial charge is 0.550 e. The Hall–Kier alpha value is 0.914. The normalized spacial score (nSPS) is 5.00. The molecule has 10 heavy (non-hydrogen) atoms. The summed E-state index contributed by atoms with van der Waals surface area (Å²) in [7, 11) is 0. The van der Waals surface area contributed by atoms with Gasteiger partial charge < -0.3 is 19.8 Å². The summed E-state index contributed by atoms with van der Waals surface area (Å²) < 4.78 is 0. The first-order valence-electron chi connectivity index (χ1n) is 1.82. The molecule has 0 saturated carbocycles. The average Bonchev–Trinajstić information content (AvgIpc) is 1.25. The van der Waals surface area contributed by atoms with Gasteiger partial charge in [0.15, 0.2) is 0 Å². The molecular formula is C4H6O4PbU. The molecule has 0 aliphatic heterocycles. The zero-order valence-electron chi connectivity index (χ0n) is 5.63. The molecule has 0 amide bonds. The monoisotopic (exact) mass is 564 g/mol. The number of carbonyl (C=O) groups excluding carboxylic acids is 2. The summed E-state index contributed by atoms with van der Waals surface area (Å²) >= 11 is 0. The summed E-state index contributed by atoms with van der Waals surface area (Å²) in [4.78, 5) is 17.8. The Bertz CT molecular complexity index is 75.3. The van der Waals surface area contributed by atoms with Crippen molar-refractivity contribution in [3.63, 3.8) is 0 Å². The van der Waals surface area contributed by atoms with Gasteiger partial charge in [0.25, 0.3) is 0 Å². The summed E-state index contributed by atoms with van der Waals surface area (Å²) in [5.41, 5.74) is 0. The fraction of sp³-hybridized carbons (Fsp3) is 0.500. The van der Waals surface area contributed by atoms with Crippen LogP contribution in [0.4, 0.5) is 0 Å². The molecule has 0 fully saturated rings. The maximum absolute atomic E-state index is 8.89. The van der Waals surface area contributed by atoms with E-state index >= 15 is 0 Å². The zero-order valence-corrected chi connectivity index (χ0v) is 13.7. The van der Waals surface area contributed by atoms with Crippen molar-refractivity contribution in [3.8, 4) is 0 Å². The second-order valence-electron chi connectivity index (χ2n) is 0.983. The number of rotatable bonds is 0. The number of carboxylic acid groups (broad SMARTS) is 2. The third kappa shape index (κ3) is 668. The van der Waals surface area contributed by atoms with Crippen LogP contribution in [0.1, 0.15) is 13.8 Å². The van der Waals surface area contributed by atoms with Gasteiger partial charge in [-0.1, -0.05) is 0 Å². The van der Waals surface area contributed by atoms with Crippen LogP contribution in [-0.4, -0.2) is 39.2 Å². The van der Waals surface area contributed by atoms with Gasteiger partial charge in [-0.05, 0) is 13.8 Å². The third-order valence-corrected chi connectivity index (χ3v) is 0. The first kappa shape index (κ1) is 22.4. The predicted molar refractivity (Wildman–Crippen MR) is 27.1 cm³/mol. The van der Waals surface area contributed by atoms with Gasteiger partial charge in [0.05, 0.1) is 0 Å². The van der Waals surface area contributed by atoms with Crippen molar-refractivity contribution in [2.45, 2.75) is 13.8 Å². The van der Waals surface area contributed by atoms with Crippen LogP contribution in [0.3, 0.4) is 0 Å². The van der Waals surface area contributed by atoms with Gasteiger partial charge >= 0.3 is 27.3 Å². The molecule has 0 unspecified atom stereocenters. The Labute approximate surface area is 103 Å². The number of carbonyl (C=O) groups is 2. The van der Waals surface area contributed by atoms with Crippen molar-refractivity contribution in [1.82, 2.24) is 0 Å². The van der Waals surface area contributed by atoms with E-state index in [0.717, 1.165) is 13.8 Å². The Morgan fingerprint density at radius 1 is 1.00 bits per heavy atom. The SMILES string of the molecule is CC(=O)[O-].CC(=O)[O-].[Pb+2].[U]. The molecule has 0 aromatic heterocycles. The maximum Gasteiger partial charge on any atom is 2.00 e. The minimum atomic E-state index is -1.08. The van der Waals surface area contributed by atoms with Crippen LogP contribution in [0.2, 0.25) is 0 Å². The van der Waals surface area contributed by atoms with Crippen LogP contribution in [0.25, 0.3) is 0 Å². The van der Waals surface area contributed by atoms with E-state index in [1.165, 1.54) is 0 Å². The average molecular weight is 563 g/mol. The van der Waals surface area contributed by atoms with Gasteiger partial charge in [0.2, 0.25) is 0 Å². The molecule has 0 aromatic carbocycles. The fourth-order valence-corrected chi connectivity index (χ4v) is 0. The molecule has 54 valence electrons. The molecule has 4 nitrogen and oxygen atoms in total. The molecule has 0 heterocycles. The van der Waals surface area contributed by atoms with E-state index in [4.69, 9.17) is 19.8 Å². The molecule has 0 saturated heterocycles. The standard InChI is InChI=1S/2C2H4O2.Pb.U/c2*1-2(3)4;;/h2*1H3,(H,3,4);;/q;;+2;/p-2. The van der Waals surface area contributed by atoms with Crippen molar-refractivity contribution < 1.29 is 50.9 Å². The molecule has 0 aromatic rings. The van der Waals surface area contributed by atoms with E-state index in [0.29, 0.717) is 0 Å². The van der Waals surface area contributed by atoms with Crippen molar-refractivity contribution in [3.05, 3.63) is 0 Å². The largest absolute Gasteiger partial charge is 2.00 e. The Balaban J connectivity index is -0.0000000300. The molecular weight excluding hydrogens is 557 g/mol. The van der Waals surface area contributed by atoms with Gasteiger partial charge in [-0.15, -0.1) is 0 Å². The van der Waals surface area contributed by atoms with Crippen LogP contribution in [-0.2, 0) is 9.59 Å². The van der Waals surface area contributed by atoms with E-state index in [1.807, 2.05) is 0 Å². The van der Waals surface area contributed by atoms with Gasteiger partial charge in [-0.3, -0.25) is 0 Å². The van der Waals surface area contributed by atoms with Gasteiger partial charge in [0, 0.05) is 43.1 Å². The molecule has 2 radical (unpaired) electrons. The second-order valence-corrected chi connectivity index (χ2v) is 0.983. The van der Waals surface area contributed by atoms with Crippen LogP contribution in [0.5, 0.6) is 0 Å². The summed E-state index contributed by atoms with van der Waals surface area (Å²) in [5.74, 6) is -2.17. The van der Waals surface area contributed by atoms with E-state index < -0.39 is 11.9 Å². The topological polar surface area (TPSA) is 80.3 Å². The van der Waals surface area contributed by atoms with Crippen LogP contribution >= 0.6 is 0 Å². The number of hydrogen-bond acceptors (Lipinski definition) is 4. The summed E-state index contributed by atoms with van der Waals surface area (Å²) in [5, 5.41) is 17.8. The molecule has 0 N–H and O–H groups in total. The third-order valence-electron chi connectivity index (χ3n) is 0. The van der Waals surface area contributed by atoms with E-state index in [-0.39, 0.29) is 58.4 Å². The number of carboxylic acids is 2. The molecule has 6 heteroatoms. The van der Waals surface area contributed by atoms with Crippen LogP contribution in [0, 0.1) is 31.1 Å². The van der Waals surface area contributed by atoms with E-state index in [9.17, 15) is 0 Å². The fourth-order valence-electron chi connectivity index (χ4n) is 0. The Morgan fingerprint density at radius 2 is 1.00 bits per heavy atom. The Kier molecular flexibility index (Phi) is 37.0. The molecule has 0 rings (SSSR count). The molecule has 0 aliphatic rings. The first-order chi connectivity index (χ1) is 3.46. The van der Waals surface area contributed by atoms with E-state index in [1.54, 1.807) is 0 Å². The summed E-state index contributed by atoms with van der Waals surface area (Å²) in [6, 6.07) is 0. The number of aliphatic carboxylic acids is 2. The van der Waals surface area contributed by atoms with Crippen molar-refractivity contribution in [2.75, 3.05) is 0 Å². The zero-order chi connectivity index (χ0) is 7.15. The minimum Gasteiger partial charge on any atom is -0.550 e. The van der Waals surface area contributed by atoms with Crippen LogP contribution < -0.4 is 10.2 Å². The molecule has 0 atom stereocenters. The van der Waals surface area contributed by atoms with Gasteiger partial charge in [-0.25, -0.2) is 0 Å². The van der Waals surface area contributed by atoms with Crippen molar-refractivity contribution in [2.24, 2.45) is 0 Å². The maximum atomic E-state index is 8.89. The predicted octanol–water partition coefficient (Wildman–Crippen LogP) is -2.87. The van der Waals surface area contributed by atoms with Crippen LogP contribution in [0.15, 0.2) is 0 Å². The first-order valence-corrected chi connectivity index (χ1v) is 1.82. The second kappa shape index (κ2) is 16.5. The van der Waals surface area contributed by atoms with E-state index in [2.05, 4.69) is 0 Å². The van der Waals surface area contributed by atoms with Gasteiger partial charge in [-0.2, -0.15) is 0 Å². The van der Waals surface area contributed by atoms with Crippen molar-refractivity contribution in [1.29, 1.82) is 0 Å². The quantitative estimate of drug-likeness (QED) is 0.297. The molecule has 0 spiro atoms. The molecule has 0 aliphatic carbocycles. The minimum absolute atomic E-state index is 0. The van der Waals surface area contributed by atoms with Crippen molar-refractivity contribution >= 4 is 39.2 Å². The Morgan fingerprint density at radius 3 is 1.00 bits per heavy atom. The summed E-state index contributed by atoms with van der Waals surface area (Å²) in [6.45, 7) is 1.94. The number of hydrogen-bond donors (Lipinski definition) is 0. The summed E-state index contributed by atoms with van der Waals surface area (Å²) in [6.07, 6.45) is 0.